The van der Waals surface area contributed by atoms with Crippen molar-refractivity contribution in [3.8, 4) is 5.75 Å². The van der Waals surface area contributed by atoms with E-state index in [0.717, 1.165) is 37.3 Å². The quantitative estimate of drug-likeness (QED) is 0.839. The lowest BCUT2D eigenvalue weighted by Gasteiger charge is -2.33. The number of hydrogen-bond donors (Lipinski definition) is 0. The molecule has 6 heteroatoms. The maximum atomic E-state index is 12.2. The van der Waals surface area contributed by atoms with Crippen molar-refractivity contribution in [3.05, 3.63) is 54.2 Å². The maximum Gasteiger partial charge on any atom is 0.573 e. The van der Waals surface area contributed by atoms with E-state index in [4.69, 9.17) is 0 Å². The average molecular weight is 322 g/mol. The Morgan fingerprint density at radius 1 is 1.00 bits per heavy atom. The van der Waals surface area contributed by atoms with E-state index in [1.54, 1.807) is 18.3 Å². The Balaban J connectivity index is 1.59. The van der Waals surface area contributed by atoms with Gasteiger partial charge in [0.1, 0.15) is 11.6 Å². The molecule has 0 atom stereocenters. The molecule has 3 nitrogen and oxygen atoms in total. The van der Waals surface area contributed by atoms with Crippen molar-refractivity contribution in [1.29, 1.82) is 0 Å². The molecule has 1 fully saturated rings. The van der Waals surface area contributed by atoms with E-state index in [1.807, 2.05) is 18.2 Å². The Hall–Kier alpha value is -2.24. The molecule has 2 aromatic rings. The summed E-state index contributed by atoms with van der Waals surface area (Å²) in [6.45, 7) is 1.78. The third-order valence-corrected chi connectivity index (χ3v) is 4.05. The Morgan fingerprint density at radius 2 is 1.70 bits per heavy atom. The topological polar surface area (TPSA) is 25.4 Å². The van der Waals surface area contributed by atoms with Crippen molar-refractivity contribution in [3.63, 3.8) is 0 Å². The summed E-state index contributed by atoms with van der Waals surface area (Å²) in [5.74, 6) is 1.15. The van der Waals surface area contributed by atoms with Crippen molar-refractivity contribution < 1.29 is 17.9 Å². The van der Waals surface area contributed by atoms with Gasteiger partial charge in [0.2, 0.25) is 0 Å². The van der Waals surface area contributed by atoms with Gasteiger partial charge in [0.15, 0.2) is 0 Å². The zero-order valence-electron chi connectivity index (χ0n) is 12.5. The van der Waals surface area contributed by atoms with Gasteiger partial charge < -0.3 is 9.64 Å². The molecular weight excluding hydrogens is 305 g/mol. The molecule has 1 aliphatic heterocycles. The molecule has 1 aliphatic rings. The zero-order valence-corrected chi connectivity index (χ0v) is 12.5. The lowest BCUT2D eigenvalue weighted by atomic mass is 9.89. The fourth-order valence-corrected chi connectivity index (χ4v) is 2.92. The molecule has 0 N–H and O–H groups in total. The first-order chi connectivity index (χ1) is 11.0. The number of ether oxygens (including phenoxy) is 1. The average Bonchev–Trinajstić information content (AvgIpc) is 2.55. The maximum absolute atomic E-state index is 12.2. The summed E-state index contributed by atoms with van der Waals surface area (Å²) in [5, 5.41) is 0. The van der Waals surface area contributed by atoms with Gasteiger partial charge in [0.25, 0.3) is 0 Å². The number of piperidine rings is 1. The number of anilines is 1. The highest BCUT2D eigenvalue weighted by atomic mass is 19.4. The molecule has 0 amide bonds. The van der Waals surface area contributed by atoms with Crippen LogP contribution in [0.5, 0.6) is 5.75 Å². The van der Waals surface area contributed by atoms with Crippen molar-refractivity contribution in [2.75, 3.05) is 18.0 Å². The SMILES string of the molecule is FC(F)(F)Oc1ccc(C2CCN(c3ccccn3)CC2)cc1. The van der Waals surface area contributed by atoms with Gasteiger partial charge >= 0.3 is 6.36 Å². The molecule has 23 heavy (non-hydrogen) atoms. The Kier molecular flexibility index (Phi) is 4.41. The standard InChI is InChI=1S/C17H17F3N2O/c18-17(19,20)23-15-6-4-13(5-7-15)14-8-11-22(12-9-14)16-3-1-2-10-21-16/h1-7,10,14H,8-9,11-12H2. The number of hydrogen-bond acceptors (Lipinski definition) is 3. The minimum Gasteiger partial charge on any atom is -0.406 e. The summed E-state index contributed by atoms with van der Waals surface area (Å²) >= 11 is 0. The third-order valence-electron chi connectivity index (χ3n) is 4.05. The van der Waals surface area contributed by atoms with Crippen LogP contribution >= 0.6 is 0 Å². The van der Waals surface area contributed by atoms with Crippen molar-refractivity contribution >= 4 is 5.82 Å². The molecule has 2 heterocycles. The largest absolute Gasteiger partial charge is 0.573 e. The van der Waals surface area contributed by atoms with Crippen LogP contribution in [0.25, 0.3) is 0 Å². The minimum atomic E-state index is -4.64. The van der Waals surface area contributed by atoms with Crippen LogP contribution in [0, 0.1) is 0 Å². The number of aromatic nitrogens is 1. The Bertz CT molecular complexity index is 621. The first-order valence-corrected chi connectivity index (χ1v) is 7.53. The molecule has 0 unspecified atom stereocenters. The van der Waals surface area contributed by atoms with Crippen LogP contribution in [0.1, 0.15) is 24.3 Å². The second kappa shape index (κ2) is 6.48. The molecule has 1 aromatic carbocycles. The Labute approximate surface area is 132 Å². The predicted molar refractivity (Wildman–Crippen MR) is 81.6 cm³/mol. The van der Waals surface area contributed by atoms with E-state index in [1.165, 1.54) is 12.1 Å². The van der Waals surface area contributed by atoms with Gasteiger partial charge in [0.05, 0.1) is 0 Å². The molecule has 0 saturated carbocycles. The van der Waals surface area contributed by atoms with Crippen LogP contribution in [-0.2, 0) is 0 Å². The molecule has 0 radical (unpaired) electrons. The molecule has 0 aliphatic carbocycles. The number of halogens is 3. The molecule has 3 rings (SSSR count). The van der Waals surface area contributed by atoms with E-state index in [2.05, 4.69) is 14.6 Å². The normalized spacial score (nSPS) is 16.4. The van der Waals surface area contributed by atoms with Crippen LogP contribution in [0.4, 0.5) is 19.0 Å². The summed E-state index contributed by atoms with van der Waals surface area (Å²) in [6, 6.07) is 12.1. The lowest BCUT2D eigenvalue weighted by Crippen LogP contribution is -2.33. The predicted octanol–water partition coefficient (Wildman–Crippen LogP) is 4.36. The van der Waals surface area contributed by atoms with Gasteiger partial charge in [-0.05, 0) is 48.6 Å². The highest BCUT2D eigenvalue weighted by molar-refractivity contribution is 5.39. The summed E-state index contributed by atoms with van der Waals surface area (Å²) in [5.41, 5.74) is 1.06. The van der Waals surface area contributed by atoms with Gasteiger partial charge in [-0.3, -0.25) is 0 Å². The fraction of sp³-hybridized carbons (Fsp3) is 0.353. The second-order valence-corrected chi connectivity index (χ2v) is 5.57. The number of pyridine rings is 1. The molecule has 1 aromatic heterocycles. The first kappa shape index (κ1) is 15.6. The third kappa shape index (κ3) is 4.15. The van der Waals surface area contributed by atoms with E-state index in [9.17, 15) is 13.2 Å². The zero-order chi connectivity index (χ0) is 16.3. The van der Waals surface area contributed by atoms with Crippen LogP contribution in [0.3, 0.4) is 0 Å². The van der Waals surface area contributed by atoms with E-state index < -0.39 is 6.36 Å². The first-order valence-electron chi connectivity index (χ1n) is 7.53. The van der Waals surface area contributed by atoms with E-state index in [0.29, 0.717) is 5.92 Å². The van der Waals surface area contributed by atoms with E-state index >= 15 is 0 Å². The Morgan fingerprint density at radius 3 is 2.26 bits per heavy atom. The van der Waals surface area contributed by atoms with Crippen LogP contribution in [-0.4, -0.2) is 24.4 Å². The van der Waals surface area contributed by atoms with E-state index in [-0.39, 0.29) is 5.75 Å². The number of benzene rings is 1. The van der Waals surface area contributed by atoms with Crippen molar-refractivity contribution in [2.24, 2.45) is 0 Å². The van der Waals surface area contributed by atoms with Crippen LogP contribution < -0.4 is 9.64 Å². The van der Waals surface area contributed by atoms with Crippen molar-refractivity contribution in [1.82, 2.24) is 4.98 Å². The molecule has 0 spiro atoms. The number of nitrogens with zero attached hydrogens (tertiary/aromatic N) is 2. The van der Waals surface area contributed by atoms with Crippen LogP contribution in [0.2, 0.25) is 0 Å². The second-order valence-electron chi connectivity index (χ2n) is 5.57. The molecule has 0 bridgehead atoms. The highest BCUT2D eigenvalue weighted by Crippen LogP contribution is 2.31. The molecule has 122 valence electrons. The van der Waals surface area contributed by atoms with Gasteiger partial charge in [-0.1, -0.05) is 18.2 Å². The smallest absolute Gasteiger partial charge is 0.406 e. The molecular formula is C17H17F3N2O. The lowest BCUT2D eigenvalue weighted by molar-refractivity contribution is -0.274. The van der Waals surface area contributed by atoms with Gasteiger partial charge in [-0.15, -0.1) is 13.2 Å². The van der Waals surface area contributed by atoms with Gasteiger partial charge in [-0.2, -0.15) is 0 Å². The summed E-state index contributed by atoms with van der Waals surface area (Å²) in [7, 11) is 0. The fourth-order valence-electron chi connectivity index (χ4n) is 2.92. The summed E-state index contributed by atoms with van der Waals surface area (Å²) in [4.78, 5) is 6.58. The minimum absolute atomic E-state index is 0.174. The van der Waals surface area contributed by atoms with Crippen LogP contribution in [0.15, 0.2) is 48.7 Å². The monoisotopic (exact) mass is 322 g/mol. The summed E-state index contributed by atoms with van der Waals surface area (Å²) < 4.78 is 40.4. The molecule has 1 saturated heterocycles. The highest BCUT2D eigenvalue weighted by Gasteiger charge is 2.31. The van der Waals surface area contributed by atoms with Crippen molar-refractivity contribution in [2.45, 2.75) is 25.1 Å². The van der Waals surface area contributed by atoms with Gasteiger partial charge in [0, 0.05) is 19.3 Å². The number of rotatable bonds is 3. The summed E-state index contributed by atoms with van der Waals surface area (Å²) in [6.07, 6.45) is -0.956. The van der Waals surface area contributed by atoms with Gasteiger partial charge in [-0.25, -0.2) is 4.98 Å². The number of alkyl halides is 3.